The molecule has 20 heavy (non-hydrogen) atoms. The molecule has 4 rings (SSSR count). The van der Waals surface area contributed by atoms with Gasteiger partial charge in [-0.3, -0.25) is 0 Å². The molecule has 4 heteroatoms. The minimum Gasteiger partial charge on any atom is -0.438 e. The predicted octanol–water partition coefficient (Wildman–Crippen LogP) is 3.06. The van der Waals surface area contributed by atoms with Gasteiger partial charge in [0, 0.05) is 6.07 Å². The largest absolute Gasteiger partial charge is 0.438 e. The van der Waals surface area contributed by atoms with Gasteiger partial charge in [0.1, 0.15) is 13.1 Å². The van der Waals surface area contributed by atoms with Crippen molar-refractivity contribution in [3.63, 3.8) is 0 Å². The van der Waals surface area contributed by atoms with Crippen LogP contribution in [0.15, 0.2) is 58.8 Å². The first-order chi connectivity index (χ1) is 9.81. The number of hydrogen-bond donors (Lipinski definition) is 1. The van der Waals surface area contributed by atoms with E-state index in [1.807, 2.05) is 66.2 Å². The Balaban J connectivity index is 1.75. The SMILES string of the molecule is C[n+]1c(/C=C2\Nc3ccccc3O2)oc2ccccc21. The van der Waals surface area contributed by atoms with Crippen molar-refractivity contribution in [3.8, 4) is 5.75 Å². The van der Waals surface area contributed by atoms with Crippen molar-refractivity contribution in [1.82, 2.24) is 0 Å². The van der Waals surface area contributed by atoms with Crippen molar-refractivity contribution < 1.29 is 13.7 Å². The van der Waals surface area contributed by atoms with Gasteiger partial charge in [0.25, 0.3) is 5.52 Å². The molecule has 1 aliphatic heterocycles. The van der Waals surface area contributed by atoms with Crippen LogP contribution >= 0.6 is 0 Å². The maximum absolute atomic E-state index is 5.83. The Morgan fingerprint density at radius 1 is 1.05 bits per heavy atom. The number of aryl methyl sites for hydroxylation is 1. The molecule has 3 aromatic rings. The van der Waals surface area contributed by atoms with Crippen LogP contribution in [0.25, 0.3) is 17.2 Å². The fourth-order valence-corrected chi connectivity index (χ4v) is 2.36. The third-order valence-electron chi connectivity index (χ3n) is 3.39. The lowest BCUT2D eigenvalue weighted by Crippen LogP contribution is -2.29. The maximum Gasteiger partial charge on any atom is 0.379 e. The van der Waals surface area contributed by atoms with Gasteiger partial charge in [-0.15, -0.1) is 0 Å². The van der Waals surface area contributed by atoms with E-state index in [2.05, 4.69) is 5.32 Å². The van der Waals surface area contributed by atoms with Gasteiger partial charge in [-0.05, 0) is 18.2 Å². The molecule has 98 valence electrons. The third kappa shape index (κ3) is 1.66. The fraction of sp³-hybridized carbons (Fsp3) is 0.0625. The number of nitrogens with zero attached hydrogens (tertiary/aromatic N) is 1. The molecule has 1 aromatic heterocycles. The molecule has 2 heterocycles. The summed E-state index contributed by atoms with van der Waals surface area (Å²) in [5.41, 5.74) is 2.88. The molecule has 0 aliphatic carbocycles. The van der Waals surface area contributed by atoms with Crippen LogP contribution in [-0.2, 0) is 7.05 Å². The monoisotopic (exact) mass is 265 g/mol. The van der Waals surface area contributed by atoms with E-state index in [1.165, 1.54) is 0 Å². The highest BCUT2D eigenvalue weighted by molar-refractivity contribution is 5.71. The first kappa shape index (κ1) is 11.1. The molecule has 0 atom stereocenters. The van der Waals surface area contributed by atoms with E-state index in [9.17, 15) is 0 Å². The summed E-state index contributed by atoms with van der Waals surface area (Å²) in [5.74, 6) is 2.24. The van der Waals surface area contributed by atoms with E-state index in [0.717, 1.165) is 28.4 Å². The summed E-state index contributed by atoms with van der Waals surface area (Å²) in [7, 11) is 1.97. The Hall–Kier alpha value is -2.75. The summed E-state index contributed by atoms with van der Waals surface area (Å²) < 4.78 is 13.6. The molecular weight excluding hydrogens is 252 g/mol. The molecule has 0 radical (unpaired) electrons. The number of aromatic nitrogens is 1. The fourth-order valence-electron chi connectivity index (χ4n) is 2.36. The Labute approximate surface area is 115 Å². The normalized spacial score (nSPS) is 15.2. The summed E-state index contributed by atoms with van der Waals surface area (Å²) in [6.45, 7) is 0. The second-order valence-corrected chi connectivity index (χ2v) is 4.70. The lowest BCUT2D eigenvalue weighted by Gasteiger charge is -1.94. The minimum absolute atomic E-state index is 0.667. The van der Waals surface area contributed by atoms with Crippen LogP contribution in [0.5, 0.6) is 5.75 Å². The number of oxazole rings is 1. The number of anilines is 1. The average Bonchev–Trinajstić information content (AvgIpc) is 3.01. The Kier molecular flexibility index (Phi) is 2.29. The molecule has 0 saturated heterocycles. The molecular formula is C16H13N2O2+. The zero-order valence-electron chi connectivity index (χ0n) is 11.0. The van der Waals surface area contributed by atoms with Gasteiger partial charge >= 0.3 is 5.89 Å². The number of para-hydroxylation sites is 4. The number of ether oxygens (including phenoxy) is 1. The zero-order valence-corrected chi connectivity index (χ0v) is 11.0. The van der Waals surface area contributed by atoms with E-state index in [-0.39, 0.29) is 0 Å². The van der Waals surface area contributed by atoms with Crippen molar-refractivity contribution in [3.05, 3.63) is 60.3 Å². The molecule has 0 bridgehead atoms. The van der Waals surface area contributed by atoms with Crippen LogP contribution in [0.4, 0.5) is 5.69 Å². The highest BCUT2D eigenvalue weighted by atomic mass is 16.5. The Bertz CT molecular complexity index is 806. The van der Waals surface area contributed by atoms with Gasteiger partial charge in [0.2, 0.25) is 11.5 Å². The maximum atomic E-state index is 5.83. The van der Waals surface area contributed by atoms with Gasteiger partial charge in [-0.1, -0.05) is 24.3 Å². The van der Waals surface area contributed by atoms with E-state index >= 15 is 0 Å². The van der Waals surface area contributed by atoms with E-state index in [0.29, 0.717) is 5.88 Å². The van der Waals surface area contributed by atoms with Gasteiger partial charge < -0.3 is 14.5 Å². The summed E-state index contributed by atoms with van der Waals surface area (Å²) in [6, 6.07) is 15.8. The summed E-state index contributed by atoms with van der Waals surface area (Å²) in [6.07, 6.45) is 1.86. The van der Waals surface area contributed by atoms with Gasteiger partial charge in [-0.25, -0.2) is 0 Å². The van der Waals surface area contributed by atoms with Crippen molar-refractivity contribution in [2.24, 2.45) is 7.05 Å². The van der Waals surface area contributed by atoms with E-state index in [4.69, 9.17) is 9.15 Å². The number of benzene rings is 2. The van der Waals surface area contributed by atoms with Crippen LogP contribution in [-0.4, -0.2) is 0 Å². The Morgan fingerprint density at radius 2 is 1.85 bits per heavy atom. The standard InChI is InChI=1S/C16H12N2O2/c1-18-12-7-3-5-9-14(12)20-16(18)10-15-17-11-6-2-4-8-13(11)19-15/h2-10H,1H3/p+1. The molecule has 0 saturated carbocycles. The number of fused-ring (bicyclic) bond motifs is 2. The van der Waals surface area contributed by atoms with Crippen LogP contribution in [0.3, 0.4) is 0 Å². The van der Waals surface area contributed by atoms with Crippen molar-refractivity contribution in [1.29, 1.82) is 0 Å². The number of rotatable bonds is 1. The lowest BCUT2D eigenvalue weighted by molar-refractivity contribution is -0.652. The minimum atomic E-state index is 0.667. The zero-order chi connectivity index (χ0) is 13.5. The second kappa shape index (κ2) is 4.13. The van der Waals surface area contributed by atoms with Gasteiger partial charge in [0.05, 0.1) is 5.69 Å². The van der Waals surface area contributed by atoms with Crippen molar-refractivity contribution in [2.75, 3.05) is 5.32 Å². The summed E-state index contributed by atoms with van der Waals surface area (Å²) in [5, 5.41) is 3.22. The number of nitrogens with one attached hydrogen (secondary N) is 1. The summed E-state index contributed by atoms with van der Waals surface area (Å²) >= 11 is 0. The molecule has 0 spiro atoms. The summed E-state index contributed by atoms with van der Waals surface area (Å²) in [4.78, 5) is 0. The smallest absolute Gasteiger partial charge is 0.379 e. The molecule has 4 nitrogen and oxygen atoms in total. The topological polar surface area (TPSA) is 38.3 Å². The van der Waals surface area contributed by atoms with Crippen LogP contribution in [0.1, 0.15) is 5.89 Å². The highest BCUT2D eigenvalue weighted by Gasteiger charge is 2.21. The molecule has 1 N–H and O–H groups in total. The molecule has 2 aromatic carbocycles. The highest BCUT2D eigenvalue weighted by Crippen LogP contribution is 2.33. The van der Waals surface area contributed by atoms with Gasteiger partial charge in [0.15, 0.2) is 5.75 Å². The van der Waals surface area contributed by atoms with Crippen molar-refractivity contribution in [2.45, 2.75) is 0 Å². The van der Waals surface area contributed by atoms with E-state index in [1.54, 1.807) is 0 Å². The third-order valence-corrected chi connectivity index (χ3v) is 3.39. The van der Waals surface area contributed by atoms with Crippen LogP contribution in [0.2, 0.25) is 0 Å². The average molecular weight is 265 g/mol. The molecule has 0 amide bonds. The van der Waals surface area contributed by atoms with Gasteiger partial charge in [-0.2, -0.15) is 4.57 Å². The quantitative estimate of drug-likeness (QED) is 0.687. The lowest BCUT2D eigenvalue weighted by atomic mass is 10.3. The first-order valence-corrected chi connectivity index (χ1v) is 6.44. The Morgan fingerprint density at radius 3 is 2.70 bits per heavy atom. The molecule has 1 aliphatic rings. The van der Waals surface area contributed by atoms with E-state index < -0.39 is 0 Å². The van der Waals surface area contributed by atoms with Crippen LogP contribution < -0.4 is 14.6 Å². The molecule has 0 fully saturated rings. The van der Waals surface area contributed by atoms with Crippen LogP contribution in [0, 0.1) is 0 Å². The second-order valence-electron chi connectivity index (χ2n) is 4.70. The van der Waals surface area contributed by atoms with Crippen molar-refractivity contribution >= 4 is 22.9 Å². The first-order valence-electron chi connectivity index (χ1n) is 6.44. The number of hydrogen-bond acceptors (Lipinski definition) is 3. The molecule has 0 unspecified atom stereocenters. The predicted molar refractivity (Wildman–Crippen MR) is 76.1 cm³/mol.